The van der Waals surface area contributed by atoms with E-state index in [0.29, 0.717) is 19.2 Å². The number of rotatable bonds is 7. The molecule has 1 aliphatic rings. The highest BCUT2D eigenvalue weighted by atomic mass is 16.5. The smallest absolute Gasteiger partial charge is 0.0900 e. The minimum atomic E-state index is -0.417. The number of anilines is 1. The Morgan fingerprint density at radius 2 is 2.05 bits per heavy atom. The summed E-state index contributed by atoms with van der Waals surface area (Å²) in [4.78, 5) is 4.73. The molecule has 0 aliphatic carbocycles. The van der Waals surface area contributed by atoms with Crippen molar-refractivity contribution in [2.75, 3.05) is 38.2 Å². The zero-order chi connectivity index (χ0) is 15.9. The lowest BCUT2D eigenvalue weighted by Gasteiger charge is -2.39. The van der Waals surface area contributed by atoms with Gasteiger partial charge < -0.3 is 14.7 Å². The summed E-state index contributed by atoms with van der Waals surface area (Å²) in [6.07, 6.45) is 2.14. The monoisotopic (exact) mass is 306 g/mol. The molecule has 0 aromatic heterocycles. The van der Waals surface area contributed by atoms with Crippen molar-refractivity contribution in [2.24, 2.45) is 0 Å². The number of ether oxygens (including phenoxy) is 1. The van der Waals surface area contributed by atoms with Crippen LogP contribution in [0.3, 0.4) is 0 Å². The lowest BCUT2D eigenvalue weighted by atomic mass is 10.0. The van der Waals surface area contributed by atoms with Crippen LogP contribution in [0.25, 0.3) is 0 Å². The van der Waals surface area contributed by atoms with Gasteiger partial charge in [0, 0.05) is 31.4 Å². The predicted octanol–water partition coefficient (Wildman–Crippen LogP) is 2.37. The summed E-state index contributed by atoms with van der Waals surface area (Å²) in [5.74, 6) is 0. The second-order valence-corrected chi connectivity index (χ2v) is 6.55. The van der Waals surface area contributed by atoms with Gasteiger partial charge in [0.25, 0.3) is 0 Å². The Bertz CT molecular complexity index is 424. The highest BCUT2D eigenvalue weighted by Crippen LogP contribution is 2.21. The maximum absolute atomic E-state index is 10.1. The Balaban J connectivity index is 1.83. The van der Waals surface area contributed by atoms with E-state index in [1.165, 1.54) is 18.5 Å². The molecule has 1 saturated heterocycles. The first kappa shape index (κ1) is 17.3. The number of hydrogen-bond donors (Lipinski definition) is 1. The molecule has 1 heterocycles. The van der Waals surface area contributed by atoms with Gasteiger partial charge in [-0.3, -0.25) is 4.90 Å². The number of hydrogen-bond acceptors (Lipinski definition) is 4. The van der Waals surface area contributed by atoms with Gasteiger partial charge in [0.05, 0.1) is 18.8 Å². The average molecular weight is 306 g/mol. The topological polar surface area (TPSA) is 35.9 Å². The molecule has 1 N–H and O–H groups in total. The second-order valence-electron chi connectivity index (χ2n) is 6.55. The number of aliphatic hydroxyl groups excluding tert-OH is 1. The summed E-state index contributed by atoms with van der Waals surface area (Å²) in [5.41, 5.74) is 1.30. The normalized spacial score (nSPS) is 20.6. The van der Waals surface area contributed by atoms with Gasteiger partial charge in [-0.2, -0.15) is 0 Å². The largest absolute Gasteiger partial charge is 0.389 e. The van der Waals surface area contributed by atoms with Gasteiger partial charge in [-0.1, -0.05) is 18.2 Å². The van der Waals surface area contributed by atoms with Crippen LogP contribution in [0.5, 0.6) is 0 Å². The van der Waals surface area contributed by atoms with Crippen LogP contribution in [0.2, 0.25) is 0 Å². The zero-order valence-electron chi connectivity index (χ0n) is 14.1. The number of aliphatic hydroxyl groups is 1. The van der Waals surface area contributed by atoms with E-state index in [1.54, 1.807) is 0 Å². The lowest BCUT2D eigenvalue weighted by Crippen LogP contribution is -2.49. The van der Waals surface area contributed by atoms with Gasteiger partial charge in [-0.05, 0) is 45.9 Å². The van der Waals surface area contributed by atoms with Crippen LogP contribution in [0, 0.1) is 0 Å². The van der Waals surface area contributed by atoms with E-state index in [0.717, 1.165) is 13.1 Å². The first-order valence-electron chi connectivity index (χ1n) is 8.36. The third kappa shape index (κ3) is 5.27. The molecule has 4 heteroatoms. The van der Waals surface area contributed by atoms with Crippen molar-refractivity contribution in [1.29, 1.82) is 0 Å². The average Bonchev–Trinajstić information content (AvgIpc) is 2.54. The molecule has 1 fully saturated rings. The highest BCUT2D eigenvalue weighted by molar-refractivity contribution is 5.46. The molecule has 124 valence electrons. The summed E-state index contributed by atoms with van der Waals surface area (Å²) in [5, 5.41) is 10.1. The number of piperidine rings is 1. The molecule has 0 bridgehead atoms. The SMILES string of the molecule is CC(C)OCC(O)CN(C)C1CCCN(c2ccccc2)C1. The molecule has 1 aromatic rings. The van der Waals surface area contributed by atoms with Crippen LogP contribution in [-0.4, -0.2) is 61.5 Å². The fraction of sp³-hybridized carbons (Fsp3) is 0.667. The van der Waals surface area contributed by atoms with Gasteiger partial charge in [0.2, 0.25) is 0 Å². The molecule has 1 aliphatic heterocycles. The van der Waals surface area contributed by atoms with Gasteiger partial charge >= 0.3 is 0 Å². The van der Waals surface area contributed by atoms with Crippen molar-refractivity contribution in [1.82, 2.24) is 4.90 Å². The zero-order valence-corrected chi connectivity index (χ0v) is 14.1. The summed E-state index contributed by atoms with van der Waals surface area (Å²) in [7, 11) is 2.11. The summed E-state index contributed by atoms with van der Waals surface area (Å²) in [6.45, 7) is 7.22. The fourth-order valence-corrected chi connectivity index (χ4v) is 3.03. The first-order chi connectivity index (χ1) is 10.6. The molecule has 1 aromatic carbocycles. The van der Waals surface area contributed by atoms with Crippen molar-refractivity contribution in [3.63, 3.8) is 0 Å². The maximum Gasteiger partial charge on any atom is 0.0900 e. The van der Waals surface area contributed by atoms with Gasteiger partial charge in [-0.15, -0.1) is 0 Å². The molecule has 2 rings (SSSR count). The molecule has 0 spiro atoms. The third-order valence-corrected chi connectivity index (χ3v) is 4.26. The Morgan fingerprint density at radius 3 is 2.73 bits per heavy atom. The molecule has 0 amide bonds. The first-order valence-corrected chi connectivity index (χ1v) is 8.36. The third-order valence-electron chi connectivity index (χ3n) is 4.26. The summed E-state index contributed by atoms with van der Waals surface area (Å²) in [6, 6.07) is 11.1. The minimum absolute atomic E-state index is 0.170. The van der Waals surface area contributed by atoms with Gasteiger partial charge in [0.1, 0.15) is 0 Å². The Morgan fingerprint density at radius 1 is 1.32 bits per heavy atom. The van der Waals surface area contributed by atoms with Crippen LogP contribution in [0.15, 0.2) is 30.3 Å². The summed E-state index contributed by atoms with van der Waals surface area (Å²) < 4.78 is 5.50. The standard InChI is InChI=1S/C18H30N2O2/c1-15(2)22-14-18(21)13-19(3)17-10-7-11-20(12-17)16-8-5-4-6-9-16/h4-6,8-9,15,17-18,21H,7,10-14H2,1-3H3. The van der Waals surface area contributed by atoms with E-state index in [1.807, 2.05) is 13.8 Å². The van der Waals surface area contributed by atoms with Crippen molar-refractivity contribution in [3.05, 3.63) is 30.3 Å². The van der Waals surface area contributed by atoms with Crippen LogP contribution >= 0.6 is 0 Å². The Hall–Kier alpha value is -1.10. The minimum Gasteiger partial charge on any atom is -0.389 e. The number of benzene rings is 1. The molecule has 2 atom stereocenters. The van der Waals surface area contributed by atoms with Crippen LogP contribution in [-0.2, 0) is 4.74 Å². The number of nitrogens with zero attached hydrogens (tertiary/aromatic N) is 2. The molecular formula is C18H30N2O2. The predicted molar refractivity (Wildman–Crippen MR) is 91.4 cm³/mol. The van der Waals surface area contributed by atoms with E-state index in [9.17, 15) is 5.11 Å². The Labute approximate surface area is 134 Å². The highest BCUT2D eigenvalue weighted by Gasteiger charge is 2.24. The van der Waals surface area contributed by atoms with E-state index >= 15 is 0 Å². The molecule has 0 saturated carbocycles. The Kier molecular flexibility index (Phi) is 6.68. The molecular weight excluding hydrogens is 276 g/mol. The number of para-hydroxylation sites is 1. The van der Waals surface area contributed by atoms with Crippen molar-refractivity contribution in [2.45, 2.75) is 44.9 Å². The molecule has 2 unspecified atom stereocenters. The molecule has 0 radical (unpaired) electrons. The van der Waals surface area contributed by atoms with E-state index in [2.05, 4.69) is 47.2 Å². The maximum atomic E-state index is 10.1. The second kappa shape index (κ2) is 8.51. The lowest BCUT2D eigenvalue weighted by molar-refractivity contribution is -0.0108. The van der Waals surface area contributed by atoms with E-state index in [4.69, 9.17) is 4.74 Å². The van der Waals surface area contributed by atoms with Gasteiger partial charge in [-0.25, -0.2) is 0 Å². The van der Waals surface area contributed by atoms with E-state index < -0.39 is 6.10 Å². The van der Waals surface area contributed by atoms with Crippen LogP contribution < -0.4 is 4.90 Å². The molecule has 22 heavy (non-hydrogen) atoms. The molecule has 4 nitrogen and oxygen atoms in total. The van der Waals surface area contributed by atoms with Crippen molar-refractivity contribution in [3.8, 4) is 0 Å². The fourth-order valence-electron chi connectivity index (χ4n) is 3.03. The van der Waals surface area contributed by atoms with Gasteiger partial charge in [0.15, 0.2) is 0 Å². The number of likely N-dealkylation sites (N-methyl/N-ethyl adjacent to an activating group) is 1. The quantitative estimate of drug-likeness (QED) is 0.839. The van der Waals surface area contributed by atoms with Crippen LogP contribution in [0.1, 0.15) is 26.7 Å². The van der Waals surface area contributed by atoms with Crippen molar-refractivity contribution >= 4 is 5.69 Å². The van der Waals surface area contributed by atoms with E-state index in [-0.39, 0.29) is 6.10 Å². The summed E-state index contributed by atoms with van der Waals surface area (Å²) >= 11 is 0. The van der Waals surface area contributed by atoms with Crippen molar-refractivity contribution < 1.29 is 9.84 Å². The van der Waals surface area contributed by atoms with Crippen LogP contribution in [0.4, 0.5) is 5.69 Å².